The predicted molar refractivity (Wildman–Crippen MR) is 76.6 cm³/mol. The number of nitrogens with zero attached hydrogens (tertiary/aromatic N) is 1. The highest BCUT2D eigenvalue weighted by Crippen LogP contribution is 2.28. The molecule has 3 N–H and O–H groups in total. The van der Waals surface area contributed by atoms with Crippen LogP contribution in [0.2, 0.25) is 0 Å². The molecule has 1 aliphatic rings. The van der Waals surface area contributed by atoms with Gasteiger partial charge >= 0.3 is 5.97 Å². The average molecular weight is 279 g/mol. The van der Waals surface area contributed by atoms with E-state index in [0.29, 0.717) is 36.8 Å². The molecular formula is C14H21N3O3. The van der Waals surface area contributed by atoms with E-state index in [-0.39, 0.29) is 0 Å². The van der Waals surface area contributed by atoms with Crippen molar-refractivity contribution in [3.63, 3.8) is 0 Å². The molecule has 0 amide bonds. The molecule has 0 unspecified atom stereocenters. The van der Waals surface area contributed by atoms with Crippen molar-refractivity contribution in [2.24, 2.45) is 5.92 Å². The number of esters is 1. The van der Waals surface area contributed by atoms with Gasteiger partial charge in [-0.1, -0.05) is 0 Å². The van der Waals surface area contributed by atoms with E-state index in [1.54, 1.807) is 13.0 Å². The van der Waals surface area contributed by atoms with E-state index >= 15 is 0 Å². The van der Waals surface area contributed by atoms with E-state index in [1.165, 1.54) is 19.0 Å². The summed E-state index contributed by atoms with van der Waals surface area (Å²) >= 11 is 0. The molecule has 1 fully saturated rings. The molecule has 20 heavy (non-hydrogen) atoms. The fourth-order valence-corrected chi connectivity index (χ4v) is 1.76. The van der Waals surface area contributed by atoms with Crippen molar-refractivity contribution in [1.82, 2.24) is 4.98 Å². The van der Waals surface area contributed by atoms with Crippen LogP contribution < -0.4 is 11.1 Å². The number of pyridine rings is 1. The highest BCUT2D eigenvalue weighted by atomic mass is 16.5. The molecular weight excluding hydrogens is 258 g/mol. The molecule has 2 rings (SSSR count). The first-order valence-electron chi connectivity index (χ1n) is 6.95. The number of nitrogen functional groups attached to an aromatic ring is 1. The summed E-state index contributed by atoms with van der Waals surface area (Å²) < 4.78 is 10.5. The second-order valence-electron chi connectivity index (χ2n) is 4.83. The van der Waals surface area contributed by atoms with Gasteiger partial charge in [0.05, 0.1) is 25.1 Å². The van der Waals surface area contributed by atoms with E-state index < -0.39 is 5.97 Å². The summed E-state index contributed by atoms with van der Waals surface area (Å²) in [7, 11) is 0. The number of ether oxygens (including phenoxy) is 2. The number of anilines is 2. The minimum absolute atomic E-state index is 0.317. The molecule has 0 saturated heterocycles. The number of hydrogen-bond donors (Lipinski definition) is 2. The van der Waals surface area contributed by atoms with Gasteiger partial charge < -0.3 is 20.5 Å². The Bertz CT molecular complexity index is 461. The van der Waals surface area contributed by atoms with Crippen molar-refractivity contribution in [2.75, 3.05) is 37.4 Å². The van der Waals surface area contributed by atoms with Gasteiger partial charge in [-0.05, 0) is 31.7 Å². The minimum atomic E-state index is -0.423. The molecule has 1 saturated carbocycles. The van der Waals surface area contributed by atoms with Crippen LogP contribution in [0, 0.1) is 5.92 Å². The molecule has 110 valence electrons. The second kappa shape index (κ2) is 7.09. The fraction of sp³-hybridized carbons (Fsp3) is 0.571. The van der Waals surface area contributed by atoms with Gasteiger partial charge in [0.25, 0.3) is 0 Å². The lowest BCUT2D eigenvalue weighted by molar-refractivity contribution is 0.0527. The molecule has 0 bridgehead atoms. The Morgan fingerprint density at radius 3 is 3.05 bits per heavy atom. The molecule has 6 heteroatoms. The Morgan fingerprint density at radius 1 is 1.55 bits per heavy atom. The Morgan fingerprint density at radius 2 is 2.35 bits per heavy atom. The monoisotopic (exact) mass is 279 g/mol. The normalized spacial score (nSPS) is 14.1. The van der Waals surface area contributed by atoms with Gasteiger partial charge in [0, 0.05) is 13.2 Å². The van der Waals surface area contributed by atoms with Crippen molar-refractivity contribution in [2.45, 2.75) is 19.8 Å². The molecule has 1 heterocycles. The van der Waals surface area contributed by atoms with Crippen LogP contribution in [-0.2, 0) is 9.47 Å². The van der Waals surface area contributed by atoms with E-state index in [4.69, 9.17) is 15.2 Å². The third-order valence-electron chi connectivity index (χ3n) is 2.99. The number of nitrogens with one attached hydrogen (secondary N) is 1. The molecule has 6 nitrogen and oxygen atoms in total. The van der Waals surface area contributed by atoms with Gasteiger partial charge in [0.1, 0.15) is 11.4 Å². The van der Waals surface area contributed by atoms with Crippen molar-refractivity contribution in [3.8, 4) is 0 Å². The lowest BCUT2D eigenvalue weighted by atomic mass is 10.2. The van der Waals surface area contributed by atoms with Crippen LogP contribution in [0.4, 0.5) is 11.5 Å². The molecule has 0 spiro atoms. The van der Waals surface area contributed by atoms with Gasteiger partial charge in [0.15, 0.2) is 0 Å². The summed E-state index contributed by atoms with van der Waals surface area (Å²) in [5.41, 5.74) is 6.44. The summed E-state index contributed by atoms with van der Waals surface area (Å²) in [4.78, 5) is 15.9. The zero-order valence-electron chi connectivity index (χ0n) is 11.7. The molecule has 0 aliphatic heterocycles. The van der Waals surface area contributed by atoms with Crippen molar-refractivity contribution in [1.29, 1.82) is 0 Å². The predicted octanol–water partition coefficient (Wildman–Crippen LogP) is 1.68. The molecule has 1 aliphatic carbocycles. The maximum atomic E-state index is 11.8. The number of nitrogens with two attached hydrogens (primary N) is 1. The maximum absolute atomic E-state index is 11.8. The van der Waals surface area contributed by atoms with Crippen molar-refractivity contribution in [3.05, 3.63) is 17.8 Å². The highest BCUT2D eigenvalue weighted by molar-refractivity contribution is 5.95. The number of hydrogen-bond acceptors (Lipinski definition) is 6. The first-order chi connectivity index (χ1) is 9.70. The topological polar surface area (TPSA) is 86.5 Å². The van der Waals surface area contributed by atoms with Gasteiger partial charge in [-0.25, -0.2) is 9.78 Å². The SMILES string of the molecule is CCOC(=O)c1cc(N)cnc1NCCOCC1CC1. The summed E-state index contributed by atoms with van der Waals surface area (Å²) in [6, 6.07) is 1.57. The highest BCUT2D eigenvalue weighted by Gasteiger charge is 2.21. The van der Waals surface area contributed by atoms with Gasteiger partial charge in [-0.2, -0.15) is 0 Å². The van der Waals surface area contributed by atoms with E-state index in [0.717, 1.165) is 12.5 Å². The zero-order chi connectivity index (χ0) is 14.4. The van der Waals surface area contributed by atoms with E-state index in [1.807, 2.05) is 0 Å². The number of carbonyl (C=O) groups is 1. The number of rotatable bonds is 8. The molecule has 0 radical (unpaired) electrons. The average Bonchev–Trinajstić information content (AvgIpc) is 3.24. The third kappa shape index (κ3) is 4.38. The van der Waals surface area contributed by atoms with Crippen molar-refractivity contribution < 1.29 is 14.3 Å². The van der Waals surface area contributed by atoms with Crippen LogP contribution in [0.3, 0.4) is 0 Å². The first kappa shape index (κ1) is 14.6. The molecule has 1 aromatic heterocycles. The smallest absolute Gasteiger partial charge is 0.341 e. The summed E-state index contributed by atoms with van der Waals surface area (Å²) in [5, 5.41) is 3.08. The largest absolute Gasteiger partial charge is 0.462 e. The summed E-state index contributed by atoms with van der Waals surface area (Å²) in [5.74, 6) is 0.807. The minimum Gasteiger partial charge on any atom is -0.462 e. The Kier molecular flexibility index (Phi) is 5.17. The van der Waals surface area contributed by atoms with Crippen LogP contribution in [0.25, 0.3) is 0 Å². The van der Waals surface area contributed by atoms with Crippen LogP contribution in [-0.4, -0.2) is 37.3 Å². The van der Waals surface area contributed by atoms with Crippen molar-refractivity contribution >= 4 is 17.5 Å². The van der Waals surface area contributed by atoms with Crippen LogP contribution >= 0.6 is 0 Å². The number of aromatic nitrogens is 1. The standard InChI is InChI=1S/C14H21N3O3/c1-2-20-14(18)12-7-11(15)8-17-13(12)16-5-6-19-9-10-3-4-10/h7-8,10H,2-6,9,15H2,1H3,(H,16,17). The van der Waals surface area contributed by atoms with Crippen LogP contribution in [0.15, 0.2) is 12.3 Å². The Labute approximate surface area is 118 Å². The molecule has 1 aromatic rings. The van der Waals surface area contributed by atoms with E-state index in [2.05, 4.69) is 10.3 Å². The number of carbonyl (C=O) groups excluding carboxylic acids is 1. The van der Waals surface area contributed by atoms with Crippen LogP contribution in [0.1, 0.15) is 30.1 Å². The third-order valence-corrected chi connectivity index (χ3v) is 2.99. The van der Waals surface area contributed by atoms with Gasteiger partial charge in [-0.3, -0.25) is 0 Å². The first-order valence-corrected chi connectivity index (χ1v) is 6.95. The fourth-order valence-electron chi connectivity index (χ4n) is 1.76. The van der Waals surface area contributed by atoms with E-state index in [9.17, 15) is 4.79 Å². The molecule has 0 aromatic carbocycles. The Hall–Kier alpha value is -1.82. The zero-order valence-corrected chi connectivity index (χ0v) is 11.7. The van der Waals surface area contributed by atoms with Gasteiger partial charge in [0.2, 0.25) is 0 Å². The summed E-state index contributed by atoms with van der Waals surface area (Å²) in [6.45, 7) is 4.08. The summed E-state index contributed by atoms with van der Waals surface area (Å²) in [6.07, 6.45) is 4.07. The van der Waals surface area contributed by atoms with Crippen LogP contribution in [0.5, 0.6) is 0 Å². The lowest BCUT2D eigenvalue weighted by Gasteiger charge is -2.11. The Balaban J connectivity index is 1.86. The van der Waals surface area contributed by atoms with Gasteiger partial charge in [-0.15, -0.1) is 0 Å². The maximum Gasteiger partial charge on any atom is 0.341 e. The molecule has 0 atom stereocenters. The second-order valence-corrected chi connectivity index (χ2v) is 4.83. The quantitative estimate of drug-likeness (QED) is 0.556. The lowest BCUT2D eigenvalue weighted by Crippen LogP contribution is -2.16.